The summed E-state index contributed by atoms with van der Waals surface area (Å²) >= 11 is 15.0. The molecule has 0 bridgehead atoms. The molecule has 0 N–H and O–H groups in total. The van der Waals surface area contributed by atoms with Crippen molar-refractivity contribution >= 4 is 45.9 Å². The topological polar surface area (TPSA) is 12.9 Å². The van der Waals surface area contributed by atoms with Gasteiger partial charge in [0.05, 0.1) is 14.9 Å². The molecule has 0 aliphatic heterocycles. The molecule has 0 aliphatic rings. The Hall–Kier alpha value is -0.870. The van der Waals surface area contributed by atoms with Crippen LogP contribution in [0.3, 0.4) is 0 Å². The van der Waals surface area contributed by atoms with E-state index in [1.54, 1.807) is 22.7 Å². The second-order valence-corrected chi connectivity index (χ2v) is 6.66. The average Bonchev–Trinajstić information content (AvgIpc) is 2.98. The number of hydrogen-bond donors (Lipinski definition) is 0. The Balaban J connectivity index is 1.96. The lowest BCUT2D eigenvalue weighted by molar-refractivity contribution is 1.41. The van der Waals surface area contributed by atoms with Gasteiger partial charge in [-0.3, -0.25) is 0 Å². The molecule has 0 atom stereocenters. The molecule has 0 radical (unpaired) electrons. The predicted molar refractivity (Wildman–Crippen MR) is 80.9 cm³/mol. The zero-order valence-electron chi connectivity index (χ0n) is 9.06. The monoisotopic (exact) mass is 311 g/mol. The van der Waals surface area contributed by atoms with Crippen LogP contribution in [-0.4, -0.2) is 4.98 Å². The number of aromatic nitrogens is 1. The molecule has 0 saturated heterocycles. The highest BCUT2D eigenvalue weighted by molar-refractivity contribution is 7.23. The van der Waals surface area contributed by atoms with Crippen LogP contribution < -0.4 is 0 Å². The van der Waals surface area contributed by atoms with Gasteiger partial charge in [0.2, 0.25) is 0 Å². The van der Waals surface area contributed by atoms with Gasteiger partial charge in [0.1, 0.15) is 5.01 Å². The lowest BCUT2D eigenvalue weighted by Gasteiger charge is -1.95. The fraction of sp³-hybridized carbons (Fsp3) is 0. The summed E-state index contributed by atoms with van der Waals surface area (Å²) < 4.78 is 0.785. The first-order valence-corrected chi connectivity index (χ1v) is 7.65. The fourth-order valence-electron chi connectivity index (χ4n) is 1.57. The van der Waals surface area contributed by atoms with Gasteiger partial charge in [-0.25, -0.2) is 4.98 Å². The van der Waals surface area contributed by atoms with Crippen molar-refractivity contribution in [3.63, 3.8) is 0 Å². The number of thiophene rings is 1. The summed E-state index contributed by atoms with van der Waals surface area (Å²) in [7, 11) is 0. The molecule has 2 heterocycles. The van der Waals surface area contributed by atoms with Crippen LogP contribution in [0.25, 0.3) is 21.1 Å². The van der Waals surface area contributed by atoms with E-state index in [4.69, 9.17) is 23.2 Å². The van der Waals surface area contributed by atoms with E-state index >= 15 is 0 Å². The van der Waals surface area contributed by atoms with E-state index in [1.165, 1.54) is 0 Å². The molecule has 0 unspecified atom stereocenters. The van der Waals surface area contributed by atoms with Crippen molar-refractivity contribution in [1.29, 1.82) is 0 Å². The third-order valence-corrected chi connectivity index (χ3v) is 4.92. The predicted octanol–water partition coefficient (Wildman–Crippen LogP) is 5.85. The van der Waals surface area contributed by atoms with Gasteiger partial charge in [-0.05, 0) is 24.3 Å². The van der Waals surface area contributed by atoms with Crippen LogP contribution >= 0.6 is 45.9 Å². The molecule has 0 aliphatic carbocycles. The number of nitrogens with zero attached hydrogens (tertiary/aromatic N) is 1. The van der Waals surface area contributed by atoms with Crippen LogP contribution in [0.5, 0.6) is 0 Å². The number of benzene rings is 1. The van der Waals surface area contributed by atoms with Crippen molar-refractivity contribution in [3.8, 4) is 21.1 Å². The molecule has 90 valence electrons. The molecule has 2 aromatic heterocycles. The first-order valence-electron chi connectivity index (χ1n) is 5.19. The number of hydrogen-bond acceptors (Lipinski definition) is 3. The minimum absolute atomic E-state index is 0.735. The Bertz CT molecular complexity index is 670. The second kappa shape index (κ2) is 5.02. The van der Waals surface area contributed by atoms with Crippen LogP contribution in [0, 0.1) is 0 Å². The highest BCUT2D eigenvalue weighted by Gasteiger charge is 2.08. The van der Waals surface area contributed by atoms with Crippen molar-refractivity contribution in [2.45, 2.75) is 0 Å². The van der Waals surface area contributed by atoms with E-state index in [0.717, 1.165) is 30.5 Å². The highest BCUT2D eigenvalue weighted by Crippen LogP contribution is 2.35. The summed E-state index contributed by atoms with van der Waals surface area (Å²) in [6.07, 6.45) is 0. The van der Waals surface area contributed by atoms with Crippen LogP contribution in [0.2, 0.25) is 9.36 Å². The van der Waals surface area contributed by atoms with Gasteiger partial charge in [0.15, 0.2) is 0 Å². The first kappa shape index (κ1) is 12.2. The van der Waals surface area contributed by atoms with Gasteiger partial charge in [-0.1, -0.05) is 35.3 Å². The first-order chi connectivity index (χ1) is 8.72. The average molecular weight is 312 g/mol. The molecule has 1 nitrogen and oxygen atoms in total. The Morgan fingerprint density at radius 3 is 2.39 bits per heavy atom. The quantitative estimate of drug-likeness (QED) is 0.579. The maximum absolute atomic E-state index is 5.93. The summed E-state index contributed by atoms with van der Waals surface area (Å²) in [4.78, 5) is 5.72. The van der Waals surface area contributed by atoms with Crippen LogP contribution in [0.4, 0.5) is 0 Å². The molecule has 3 aromatic rings. The second-order valence-electron chi connectivity index (χ2n) is 3.65. The largest absolute Gasteiger partial charge is 0.235 e. The molecule has 0 saturated carbocycles. The lowest BCUT2D eigenvalue weighted by atomic mass is 10.2. The Kier molecular flexibility index (Phi) is 3.39. The van der Waals surface area contributed by atoms with Crippen LogP contribution in [0.1, 0.15) is 0 Å². The molecule has 0 spiro atoms. The van der Waals surface area contributed by atoms with Crippen molar-refractivity contribution in [2.24, 2.45) is 0 Å². The summed E-state index contributed by atoms with van der Waals surface area (Å²) in [5.41, 5.74) is 2.04. The zero-order chi connectivity index (χ0) is 12.5. The van der Waals surface area contributed by atoms with Crippen molar-refractivity contribution in [1.82, 2.24) is 4.98 Å². The maximum atomic E-state index is 5.93. The Morgan fingerprint density at radius 2 is 1.72 bits per heavy atom. The summed E-state index contributed by atoms with van der Waals surface area (Å²) in [5, 5.41) is 3.78. The van der Waals surface area contributed by atoms with Crippen molar-refractivity contribution in [2.75, 3.05) is 0 Å². The van der Waals surface area contributed by atoms with Gasteiger partial charge < -0.3 is 0 Å². The van der Waals surface area contributed by atoms with Gasteiger partial charge in [0.25, 0.3) is 0 Å². The van der Waals surface area contributed by atoms with E-state index in [2.05, 4.69) is 4.98 Å². The summed E-state index contributed by atoms with van der Waals surface area (Å²) in [6.45, 7) is 0. The smallest absolute Gasteiger partial charge is 0.134 e. The van der Waals surface area contributed by atoms with Crippen LogP contribution in [0.15, 0.2) is 41.8 Å². The third-order valence-electron chi connectivity index (χ3n) is 2.43. The summed E-state index contributed by atoms with van der Waals surface area (Å²) in [5.74, 6) is 0. The summed E-state index contributed by atoms with van der Waals surface area (Å²) in [6, 6.07) is 11.6. The lowest BCUT2D eigenvalue weighted by Crippen LogP contribution is -1.77. The van der Waals surface area contributed by atoms with E-state index < -0.39 is 0 Å². The Morgan fingerprint density at radius 1 is 0.944 bits per heavy atom. The molecule has 3 rings (SSSR count). The minimum atomic E-state index is 0.735. The molecule has 1 aromatic carbocycles. The van der Waals surface area contributed by atoms with Gasteiger partial charge >= 0.3 is 0 Å². The minimum Gasteiger partial charge on any atom is -0.235 e. The molecule has 5 heteroatoms. The molecule has 0 amide bonds. The molecular formula is C13H7Cl2NS2. The van der Waals surface area contributed by atoms with E-state index in [1.807, 2.05) is 41.8 Å². The normalized spacial score (nSPS) is 10.8. The molecular weight excluding hydrogens is 305 g/mol. The number of thiazole rings is 1. The highest BCUT2D eigenvalue weighted by atomic mass is 35.5. The van der Waals surface area contributed by atoms with Crippen LogP contribution in [-0.2, 0) is 0 Å². The zero-order valence-corrected chi connectivity index (χ0v) is 12.2. The van der Waals surface area contributed by atoms with Gasteiger partial charge in [-0.2, -0.15) is 0 Å². The Labute approximate surface area is 123 Å². The third kappa shape index (κ3) is 2.45. The SMILES string of the molecule is Clc1ccc(-c2csc(-c3ccc(Cl)s3)n2)cc1. The molecule has 0 fully saturated rings. The number of rotatable bonds is 2. The van der Waals surface area contributed by atoms with Crippen molar-refractivity contribution in [3.05, 3.63) is 51.1 Å². The van der Waals surface area contributed by atoms with E-state index in [9.17, 15) is 0 Å². The van der Waals surface area contributed by atoms with Gasteiger partial charge in [-0.15, -0.1) is 22.7 Å². The van der Waals surface area contributed by atoms with Crippen molar-refractivity contribution < 1.29 is 0 Å². The van der Waals surface area contributed by atoms with E-state index in [-0.39, 0.29) is 0 Å². The molecule has 18 heavy (non-hydrogen) atoms. The van der Waals surface area contributed by atoms with E-state index in [0.29, 0.717) is 0 Å². The standard InChI is InChI=1S/C13H7Cl2NS2/c14-9-3-1-8(2-4-9)10-7-17-13(16-10)11-5-6-12(15)18-11/h1-7H. The maximum Gasteiger partial charge on any atom is 0.134 e. The van der Waals surface area contributed by atoms with Gasteiger partial charge in [0, 0.05) is 16.0 Å². The fourth-order valence-corrected chi connectivity index (χ4v) is 3.64. The number of halogens is 2.